The lowest BCUT2D eigenvalue weighted by atomic mass is 9.93. The molecule has 2 aliphatic rings. The van der Waals surface area contributed by atoms with Crippen LogP contribution in [0.1, 0.15) is 61.9 Å². The molecule has 0 amide bonds. The molecule has 0 spiro atoms. The van der Waals surface area contributed by atoms with Gasteiger partial charge in [0, 0.05) is 35.9 Å². The number of pyridine rings is 2. The third kappa shape index (κ3) is 6.08. The van der Waals surface area contributed by atoms with Gasteiger partial charge in [0.2, 0.25) is 16.4 Å². The van der Waals surface area contributed by atoms with Crippen LogP contribution in [0.2, 0.25) is 0 Å². The van der Waals surface area contributed by atoms with Gasteiger partial charge in [0.05, 0.1) is 5.25 Å². The van der Waals surface area contributed by atoms with E-state index < -0.39 is 50.6 Å². The molecule has 202 valence electrons. The minimum absolute atomic E-state index is 0.0324. The lowest BCUT2D eigenvalue weighted by molar-refractivity contribution is -0.140. The summed E-state index contributed by atoms with van der Waals surface area (Å²) in [7, 11) is -3.45. The third-order valence-corrected chi connectivity index (χ3v) is 8.18. The predicted octanol–water partition coefficient (Wildman–Crippen LogP) is 6.14. The lowest BCUT2D eigenvalue weighted by Crippen LogP contribution is -2.26. The zero-order chi connectivity index (χ0) is 27.1. The molecule has 0 aliphatic heterocycles. The predicted molar refractivity (Wildman–Crippen MR) is 126 cm³/mol. The molecule has 3 aromatic rings. The summed E-state index contributed by atoms with van der Waals surface area (Å²) in [4.78, 5) is 7.85. The Morgan fingerprint density at radius 3 is 2.35 bits per heavy atom. The fourth-order valence-electron chi connectivity index (χ4n) is 4.13. The number of sulfonamides is 1. The van der Waals surface area contributed by atoms with Gasteiger partial charge < -0.3 is 4.57 Å². The van der Waals surface area contributed by atoms with Gasteiger partial charge in [0.15, 0.2) is 5.69 Å². The van der Waals surface area contributed by atoms with Crippen molar-refractivity contribution in [3.8, 4) is 11.3 Å². The highest BCUT2D eigenvalue weighted by atomic mass is 32.2. The van der Waals surface area contributed by atoms with Crippen LogP contribution in [0.5, 0.6) is 0 Å². The van der Waals surface area contributed by atoms with E-state index in [1.807, 2.05) is 4.57 Å². The quantitative estimate of drug-likeness (QED) is 0.376. The molecule has 5 rings (SSSR count). The van der Waals surface area contributed by atoms with Gasteiger partial charge in [-0.15, -0.1) is 0 Å². The van der Waals surface area contributed by atoms with Gasteiger partial charge in [-0.1, -0.05) is 0 Å². The topological polar surface area (TPSA) is 76.9 Å². The second kappa shape index (κ2) is 10.2. The Hall–Kier alpha value is -2.67. The summed E-state index contributed by atoms with van der Waals surface area (Å²) in [6, 6.07) is 2.47. The highest BCUT2D eigenvalue weighted by Gasteiger charge is 2.38. The van der Waals surface area contributed by atoms with E-state index in [9.17, 15) is 30.4 Å². The van der Waals surface area contributed by atoms with Gasteiger partial charge in [-0.05, 0) is 69.2 Å². The van der Waals surface area contributed by atoms with E-state index in [2.05, 4.69) is 14.7 Å². The molecular formula is C24H26F6N4O2S. The molecule has 3 aromatic heterocycles. The zero-order valence-corrected chi connectivity index (χ0v) is 20.9. The Kier molecular flexibility index (Phi) is 7.57. The van der Waals surface area contributed by atoms with Crippen LogP contribution >= 0.6 is 0 Å². The second-order valence-electron chi connectivity index (χ2n) is 9.33. The molecule has 0 bridgehead atoms. The van der Waals surface area contributed by atoms with Crippen molar-refractivity contribution in [2.24, 2.45) is 0 Å². The molecule has 2 fully saturated rings. The Balaban J connectivity index is 0.000000747. The van der Waals surface area contributed by atoms with Crippen LogP contribution in [0.15, 0.2) is 24.5 Å². The number of hydrogen-bond donors (Lipinski definition) is 1. The number of aromatic nitrogens is 3. The number of halogens is 6. The fraction of sp³-hybridized carbons (Fsp3) is 0.500. The summed E-state index contributed by atoms with van der Waals surface area (Å²) in [6.45, 7) is 2.38. The Morgan fingerprint density at radius 1 is 1.16 bits per heavy atom. The average Bonchev–Trinajstić information content (AvgIpc) is 3.55. The SMILES string of the molecule is CC(F)F.Cc1cnc(C(F)(F)F)c(-c2nc3c(cc2F)c(CNS(=O)(=O)C2CC2)cn3C2CCC2)c1. The van der Waals surface area contributed by atoms with Gasteiger partial charge in [-0.2, -0.15) is 13.2 Å². The first-order chi connectivity index (χ1) is 17.3. The molecule has 0 atom stereocenters. The fourth-order valence-corrected chi connectivity index (χ4v) is 5.48. The zero-order valence-electron chi connectivity index (χ0n) is 20.1. The average molecular weight is 549 g/mol. The molecule has 0 aromatic carbocycles. The molecule has 13 heteroatoms. The molecule has 37 heavy (non-hydrogen) atoms. The minimum Gasteiger partial charge on any atom is -0.329 e. The minimum atomic E-state index is -4.77. The van der Waals surface area contributed by atoms with Gasteiger partial charge in [-0.3, -0.25) is 4.98 Å². The number of nitrogens with zero attached hydrogens (tertiary/aromatic N) is 3. The van der Waals surface area contributed by atoms with Crippen molar-refractivity contribution >= 4 is 21.1 Å². The Labute approximate surface area is 210 Å². The summed E-state index contributed by atoms with van der Waals surface area (Å²) in [5.41, 5.74) is -0.709. The molecule has 6 nitrogen and oxygen atoms in total. The van der Waals surface area contributed by atoms with E-state index >= 15 is 4.39 Å². The third-order valence-electron chi connectivity index (χ3n) is 6.28. The van der Waals surface area contributed by atoms with Gasteiger partial charge in [0.1, 0.15) is 17.2 Å². The van der Waals surface area contributed by atoms with Gasteiger partial charge >= 0.3 is 6.18 Å². The number of aryl methyl sites for hydroxylation is 1. The number of fused-ring (bicyclic) bond motifs is 1. The molecule has 3 heterocycles. The summed E-state index contributed by atoms with van der Waals surface area (Å²) < 4.78 is 106. The van der Waals surface area contributed by atoms with Crippen molar-refractivity contribution in [2.75, 3.05) is 0 Å². The standard InChI is InChI=1S/C22H22F4N4O2S.C2H4F2/c1-12-7-17(20(27-9-12)22(24,25)26)19-18(23)8-16-13(10-28-33(31,32)15-5-6-15)11-30(21(16)29-19)14-3-2-4-14;1-2(3)4/h7-9,11,14-15,28H,2-6,10H2,1H3;2H,1H3. The Morgan fingerprint density at radius 2 is 1.81 bits per heavy atom. The maximum absolute atomic E-state index is 15.2. The number of alkyl halides is 5. The lowest BCUT2D eigenvalue weighted by Gasteiger charge is -2.27. The van der Waals surface area contributed by atoms with Gasteiger partial charge in [0.25, 0.3) is 0 Å². The van der Waals surface area contributed by atoms with E-state index in [-0.39, 0.29) is 12.6 Å². The normalized spacial score (nSPS) is 16.6. The number of rotatable bonds is 6. The van der Waals surface area contributed by atoms with Crippen LogP contribution < -0.4 is 4.72 Å². The molecular weight excluding hydrogens is 522 g/mol. The van der Waals surface area contributed by atoms with Crippen LogP contribution in [0, 0.1) is 12.7 Å². The second-order valence-corrected chi connectivity index (χ2v) is 11.4. The van der Waals surface area contributed by atoms with Crippen LogP contribution in [0.25, 0.3) is 22.3 Å². The smallest absolute Gasteiger partial charge is 0.329 e. The van der Waals surface area contributed by atoms with Crippen molar-refractivity contribution < 1.29 is 34.8 Å². The summed E-state index contributed by atoms with van der Waals surface area (Å²) >= 11 is 0. The maximum atomic E-state index is 15.2. The van der Waals surface area contributed by atoms with Crippen LogP contribution in [-0.2, 0) is 22.7 Å². The van der Waals surface area contributed by atoms with Crippen molar-refractivity contribution in [3.05, 3.63) is 47.2 Å². The Bertz CT molecular complexity index is 1390. The largest absolute Gasteiger partial charge is 0.434 e. The van der Waals surface area contributed by atoms with E-state index in [0.29, 0.717) is 35.0 Å². The number of hydrogen-bond acceptors (Lipinski definition) is 4. The number of nitrogens with one attached hydrogen (secondary N) is 1. The van der Waals surface area contributed by atoms with E-state index in [1.54, 1.807) is 13.1 Å². The van der Waals surface area contributed by atoms with E-state index in [0.717, 1.165) is 38.4 Å². The summed E-state index contributed by atoms with van der Waals surface area (Å²) in [5, 5.41) is -0.00984. The van der Waals surface area contributed by atoms with Crippen LogP contribution in [-0.4, -0.2) is 34.6 Å². The highest BCUT2D eigenvalue weighted by molar-refractivity contribution is 7.90. The molecule has 2 aliphatic carbocycles. The molecule has 1 N–H and O–H groups in total. The van der Waals surface area contributed by atoms with Crippen LogP contribution in [0.3, 0.4) is 0 Å². The van der Waals surface area contributed by atoms with Crippen molar-refractivity contribution in [1.82, 2.24) is 19.3 Å². The van der Waals surface area contributed by atoms with Crippen molar-refractivity contribution in [2.45, 2.75) is 76.4 Å². The molecule has 0 unspecified atom stereocenters. The van der Waals surface area contributed by atoms with Crippen LogP contribution in [0.4, 0.5) is 26.3 Å². The summed E-state index contributed by atoms with van der Waals surface area (Å²) in [5.74, 6) is -0.918. The van der Waals surface area contributed by atoms with Gasteiger partial charge in [-0.25, -0.2) is 31.3 Å². The molecule has 2 saturated carbocycles. The highest BCUT2D eigenvalue weighted by Crippen LogP contribution is 2.40. The monoisotopic (exact) mass is 548 g/mol. The first-order valence-electron chi connectivity index (χ1n) is 11.8. The first-order valence-corrected chi connectivity index (χ1v) is 13.3. The molecule has 0 saturated heterocycles. The first kappa shape index (κ1) is 27.4. The van der Waals surface area contributed by atoms with Crippen molar-refractivity contribution in [3.63, 3.8) is 0 Å². The van der Waals surface area contributed by atoms with Crippen molar-refractivity contribution in [1.29, 1.82) is 0 Å². The van der Waals surface area contributed by atoms with E-state index in [1.165, 1.54) is 6.07 Å². The van der Waals surface area contributed by atoms with E-state index in [4.69, 9.17) is 0 Å². The maximum Gasteiger partial charge on any atom is 0.434 e. The summed E-state index contributed by atoms with van der Waals surface area (Å²) in [6.07, 6.45) is -0.147. The molecule has 0 radical (unpaired) electrons.